The number of fused-ring (bicyclic) bond motifs is 1. The van der Waals surface area contributed by atoms with E-state index in [0.717, 1.165) is 22.3 Å². The number of carbonyl (C=O) groups is 2. The molecule has 0 radical (unpaired) electrons. The Morgan fingerprint density at radius 2 is 1.71 bits per heavy atom. The van der Waals surface area contributed by atoms with Crippen molar-refractivity contribution >= 4 is 23.6 Å². The SMILES string of the molecule is Cc1ccc(CNC(=O)CN2C(=O)C(=Cc3ccccc3)Oc3ccc(C(C)(C)C)cc32)cc1. The molecule has 2 amide bonds. The van der Waals surface area contributed by atoms with Gasteiger partial charge >= 0.3 is 0 Å². The van der Waals surface area contributed by atoms with Gasteiger partial charge in [-0.15, -0.1) is 0 Å². The smallest absolute Gasteiger partial charge is 0.294 e. The van der Waals surface area contributed by atoms with Crippen molar-refractivity contribution in [1.82, 2.24) is 5.32 Å². The maximum Gasteiger partial charge on any atom is 0.294 e. The van der Waals surface area contributed by atoms with Gasteiger partial charge in [0.05, 0.1) is 5.69 Å². The van der Waals surface area contributed by atoms with Crippen LogP contribution >= 0.6 is 0 Å². The average molecular weight is 455 g/mol. The molecule has 1 aliphatic rings. The summed E-state index contributed by atoms with van der Waals surface area (Å²) < 4.78 is 6.01. The largest absolute Gasteiger partial charge is 0.449 e. The molecule has 0 unspecified atom stereocenters. The molecule has 0 bridgehead atoms. The Hall–Kier alpha value is -3.86. The molecule has 3 aromatic carbocycles. The van der Waals surface area contributed by atoms with Gasteiger partial charge in [0.15, 0.2) is 11.5 Å². The van der Waals surface area contributed by atoms with Crippen LogP contribution < -0.4 is 15.0 Å². The zero-order chi connectivity index (χ0) is 24.3. The van der Waals surface area contributed by atoms with E-state index in [1.165, 1.54) is 4.90 Å². The van der Waals surface area contributed by atoms with Gasteiger partial charge in [0.2, 0.25) is 5.91 Å². The lowest BCUT2D eigenvalue weighted by Crippen LogP contribution is -2.44. The fourth-order valence-electron chi connectivity index (χ4n) is 3.74. The Balaban J connectivity index is 1.62. The number of ether oxygens (including phenoxy) is 1. The Morgan fingerprint density at radius 3 is 2.38 bits per heavy atom. The average Bonchev–Trinajstić information content (AvgIpc) is 2.81. The third kappa shape index (κ3) is 5.37. The van der Waals surface area contributed by atoms with Crippen LogP contribution in [0.25, 0.3) is 6.08 Å². The van der Waals surface area contributed by atoms with Crippen molar-refractivity contribution in [3.8, 4) is 5.75 Å². The molecule has 0 fully saturated rings. The van der Waals surface area contributed by atoms with E-state index in [1.807, 2.05) is 79.7 Å². The molecule has 0 aliphatic carbocycles. The van der Waals surface area contributed by atoms with Crippen molar-refractivity contribution in [3.63, 3.8) is 0 Å². The molecule has 1 heterocycles. The highest BCUT2D eigenvalue weighted by Crippen LogP contribution is 2.39. The highest BCUT2D eigenvalue weighted by molar-refractivity contribution is 6.12. The Labute approximate surface area is 201 Å². The van der Waals surface area contributed by atoms with Gasteiger partial charge in [-0.25, -0.2) is 0 Å². The molecule has 34 heavy (non-hydrogen) atoms. The standard InChI is InChI=1S/C29H30N2O3/c1-20-10-12-22(13-11-20)18-30-27(32)19-31-24-17-23(29(2,3)4)14-15-25(24)34-26(28(31)33)16-21-8-6-5-7-9-21/h5-17H,18-19H2,1-4H3,(H,30,32). The van der Waals surface area contributed by atoms with Gasteiger partial charge < -0.3 is 10.1 Å². The number of nitrogens with one attached hydrogen (secondary N) is 1. The molecule has 1 N–H and O–H groups in total. The normalized spacial score (nSPS) is 14.5. The number of amides is 2. The molecule has 0 atom stereocenters. The van der Waals surface area contributed by atoms with Crippen LogP contribution in [0, 0.1) is 6.92 Å². The van der Waals surface area contributed by atoms with Crippen LogP contribution in [-0.4, -0.2) is 18.4 Å². The summed E-state index contributed by atoms with van der Waals surface area (Å²) in [5.74, 6) is 0.171. The highest BCUT2D eigenvalue weighted by atomic mass is 16.5. The lowest BCUT2D eigenvalue weighted by Gasteiger charge is -2.32. The summed E-state index contributed by atoms with van der Waals surface area (Å²) in [5, 5.41) is 2.93. The van der Waals surface area contributed by atoms with Crippen LogP contribution in [0.2, 0.25) is 0 Å². The van der Waals surface area contributed by atoms with Gasteiger partial charge in [0, 0.05) is 6.54 Å². The van der Waals surface area contributed by atoms with Crippen molar-refractivity contribution < 1.29 is 14.3 Å². The number of rotatable bonds is 5. The van der Waals surface area contributed by atoms with E-state index in [0.29, 0.717) is 18.0 Å². The van der Waals surface area contributed by atoms with Gasteiger partial charge in [-0.2, -0.15) is 0 Å². The molecular weight excluding hydrogens is 424 g/mol. The molecule has 5 nitrogen and oxygen atoms in total. The summed E-state index contributed by atoms with van der Waals surface area (Å²) in [6, 6.07) is 23.3. The van der Waals surface area contributed by atoms with Gasteiger partial charge in [0.25, 0.3) is 5.91 Å². The van der Waals surface area contributed by atoms with Crippen molar-refractivity contribution in [3.05, 3.63) is 101 Å². The molecule has 0 saturated carbocycles. The van der Waals surface area contributed by atoms with Gasteiger partial charge in [-0.05, 0) is 47.2 Å². The van der Waals surface area contributed by atoms with E-state index in [4.69, 9.17) is 4.74 Å². The van der Waals surface area contributed by atoms with Crippen molar-refractivity contribution in [2.24, 2.45) is 0 Å². The summed E-state index contributed by atoms with van der Waals surface area (Å²) in [6.45, 7) is 8.66. The fourth-order valence-corrected chi connectivity index (χ4v) is 3.74. The van der Waals surface area contributed by atoms with Crippen molar-refractivity contribution in [1.29, 1.82) is 0 Å². The molecule has 0 aromatic heterocycles. The first-order chi connectivity index (χ1) is 16.2. The fraction of sp³-hybridized carbons (Fsp3) is 0.241. The number of nitrogens with zero attached hydrogens (tertiary/aromatic N) is 1. The van der Waals surface area contributed by atoms with Gasteiger partial charge in [-0.3, -0.25) is 14.5 Å². The van der Waals surface area contributed by atoms with Crippen LogP contribution in [0.5, 0.6) is 5.75 Å². The molecule has 174 valence electrons. The van der Waals surface area contributed by atoms with E-state index in [1.54, 1.807) is 6.08 Å². The minimum atomic E-state index is -0.340. The van der Waals surface area contributed by atoms with E-state index in [-0.39, 0.29) is 29.5 Å². The number of anilines is 1. The van der Waals surface area contributed by atoms with E-state index in [2.05, 4.69) is 26.1 Å². The summed E-state index contributed by atoms with van der Waals surface area (Å²) in [5.41, 5.74) is 4.57. The summed E-state index contributed by atoms with van der Waals surface area (Å²) in [6.07, 6.45) is 1.71. The first-order valence-corrected chi connectivity index (χ1v) is 11.4. The minimum absolute atomic E-state index is 0.0964. The molecule has 0 saturated heterocycles. The number of hydrogen-bond donors (Lipinski definition) is 1. The van der Waals surface area contributed by atoms with E-state index >= 15 is 0 Å². The maximum absolute atomic E-state index is 13.5. The monoisotopic (exact) mass is 454 g/mol. The highest BCUT2D eigenvalue weighted by Gasteiger charge is 2.33. The number of benzene rings is 3. The second-order valence-corrected chi connectivity index (χ2v) is 9.61. The minimum Gasteiger partial charge on any atom is -0.449 e. The van der Waals surface area contributed by atoms with Crippen LogP contribution in [0.15, 0.2) is 78.6 Å². The third-order valence-electron chi connectivity index (χ3n) is 5.80. The second kappa shape index (κ2) is 9.56. The molecule has 0 spiro atoms. The summed E-state index contributed by atoms with van der Waals surface area (Å²) in [4.78, 5) is 27.8. The van der Waals surface area contributed by atoms with E-state index < -0.39 is 0 Å². The van der Waals surface area contributed by atoms with Crippen LogP contribution in [0.3, 0.4) is 0 Å². The van der Waals surface area contributed by atoms with Crippen LogP contribution in [0.4, 0.5) is 5.69 Å². The molecule has 5 heteroatoms. The van der Waals surface area contributed by atoms with Crippen LogP contribution in [-0.2, 0) is 21.5 Å². The van der Waals surface area contributed by atoms with Gasteiger partial charge in [0.1, 0.15) is 6.54 Å². The summed E-state index contributed by atoms with van der Waals surface area (Å²) >= 11 is 0. The van der Waals surface area contributed by atoms with Crippen molar-refractivity contribution in [2.45, 2.75) is 39.7 Å². The maximum atomic E-state index is 13.5. The number of aryl methyl sites for hydroxylation is 1. The van der Waals surface area contributed by atoms with Crippen LogP contribution in [0.1, 0.15) is 43.0 Å². The molecule has 3 aromatic rings. The summed E-state index contributed by atoms with van der Waals surface area (Å²) in [7, 11) is 0. The van der Waals surface area contributed by atoms with Crippen molar-refractivity contribution in [2.75, 3.05) is 11.4 Å². The quantitative estimate of drug-likeness (QED) is 0.527. The molecule has 1 aliphatic heterocycles. The molecule has 4 rings (SSSR count). The predicted octanol–water partition coefficient (Wildman–Crippen LogP) is 5.38. The van der Waals surface area contributed by atoms with E-state index in [9.17, 15) is 9.59 Å². The Morgan fingerprint density at radius 1 is 1.00 bits per heavy atom. The number of hydrogen-bond acceptors (Lipinski definition) is 3. The zero-order valence-corrected chi connectivity index (χ0v) is 20.1. The Bertz CT molecular complexity index is 1220. The zero-order valence-electron chi connectivity index (χ0n) is 20.1. The Kier molecular flexibility index (Phi) is 6.55. The second-order valence-electron chi connectivity index (χ2n) is 9.61. The first-order valence-electron chi connectivity index (χ1n) is 11.4. The topological polar surface area (TPSA) is 58.6 Å². The van der Waals surface area contributed by atoms with Gasteiger partial charge in [-0.1, -0.05) is 87.0 Å². The lowest BCUT2D eigenvalue weighted by molar-refractivity contribution is -0.123. The number of carbonyl (C=O) groups excluding carboxylic acids is 2. The molecular formula is C29H30N2O3. The first kappa shape index (κ1) is 23.3. The predicted molar refractivity (Wildman–Crippen MR) is 136 cm³/mol. The third-order valence-corrected chi connectivity index (χ3v) is 5.80. The lowest BCUT2D eigenvalue weighted by atomic mass is 9.86.